The van der Waals surface area contributed by atoms with Crippen molar-refractivity contribution in [1.82, 2.24) is 25.3 Å². The van der Waals surface area contributed by atoms with E-state index in [0.717, 1.165) is 77.6 Å². The lowest BCUT2D eigenvalue weighted by molar-refractivity contribution is -0.140. The molecule has 2 heterocycles. The molecule has 3 rings (SSSR count). The lowest BCUT2D eigenvalue weighted by Gasteiger charge is -2.38. The van der Waals surface area contributed by atoms with Gasteiger partial charge < -0.3 is 20.4 Å². The van der Waals surface area contributed by atoms with Crippen molar-refractivity contribution in [2.24, 2.45) is 10.9 Å². The first-order chi connectivity index (χ1) is 13.6. The van der Waals surface area contributed by atoms with Crippen LogP contribution in [0, 0.1) is 5.92 Å². The second-order valence-electron chi connectivity index (χ2n) is 8.12. The molecule has 1 unspecified atom stereocenters. The van der Waals surface area contributed by atoms with Crippen LogP contribution in [0.3, 0.4) is 0 Å². The Hall–Kier alpha value is -1.83. The summed E-state index contributed by atoms with van der Waals surface area (Å²) < 4.78 is 0. The van der Waals surface area contributed by atoms with Gasteiger partial charge in [-0.3, -0.25) is 19.5 Å². The van der Waals surface area contributed by atoms with Gasteiger partial charge in [-0.25, -0.2) is 0 Å². The van der Waals surface area contributed by atoms with Crippen molar-refractivity contribution < 1.29 is 9.59 Å². The topological polar surface area (TPSA) is 80.3 Å². The third kappa shape index (κ3) is 5.37. The molecule has 0 aromatic carbocycles. The number of carbonyl (C=O) groups is 2. The predicted octanol–water partition coefficient (Wildman–Crippen LogP) is 0.107. The van der Waals surface area contributed by atoms with Crippen LogP contribution < -0.4 is 10.6 Å². The first kappa shape index (κ1) is 20.9. The normalized spacial score (nSPS) is 24.2. The summed E-state index contributed by atoms with van der Waals surface area (Å²) in [5.74, 6) is 1.71. The van der Waals surface area contributed by atoms with Gasteiger partial charge in [0, 0.05) is 77.8 Å². The molecule has 8 nitrogen and oxygen atoms in total. The zero-order chi connectivity index (χ0) is 19.9. The second-order valence-corrected chi connectivity index (χ2v) is 8.12. The Balaban J connectivity index is 1.31. The van der Waals surface area contributed by atoms with Crippen molar-refractivity contribution in [1.29, 1.82) is 0 Å². The number of hydrogen-bond acceptors (Lipinski definition) is 4. The molecule has 2 aliphatic heterocycles. The van der Waals surface area contributed by atoms with Crippen molar-refractivity contribution >= 4 is 17.8 Å². The van der Waals surface area contributed by atoms with Gasteiger partial charge in [0.2, 0.25) is 11.8 Å². The maximum atomic E-state index is 12.3. The zero-order valence-electron chi connectivity index (χ0n) is 17.5. The SMILES string of the molecule is CCC(=O)N1CCC(NC(=NC)NCCN2CCN(C(=O)C3CCC3)CC2)C1. The largest absolute Gasteiger partial charge is 0.355 e. The van der Waals surface area contributed by atoms with Gasteiger partial charge in [0.25, 0.3) is 0 Å². The van der Waals surface area contributed by atoms with Crippen molar-refractivity contribution in [2.45, 2.75) is 45.1 Å². The Morgan fingerprint density at radius 3 is 2.39 bits per heavy atom. The minimum absolute atomic E-state index is 0.224. The number of nitrogens with zero attached hydrogens (tertiary/aromatic N) is 4. The highest BCUT2D eigenvalue weighted by atomic mass is 16.2. The first-order valence-electron chi connectivity index (χ1n) is 10.9. The number of piperazine rings is 1. The molecule has 2 N–H and O–H groups in total. The molecule has 3 fully saturated rings. The lowest BCUT2D eigenvalue weighted by Crippen LogP contribution is -2.53. The van der Waals surface area contributed by atoms with Gasteiger partial charge in [-0.2, -0.15) is 0 Å². The maximum Gasteiger partial charge on any atom is 0.225 e. The van der Waals surface area contributed by atoms with E-state index < -0.39 is 0 Å². The van der Waals surface area contributed by atoms with E-state index in [2.05, 4.69) is 25.4 Å². The van der Waals surface area contributed by atoms with Crippen LogP contribution in [0.25, 0.3) is 0 Å². The number of rotatable bonds is 6. The summed E-state index contributed by atoms with van der Waals surface area (Å²) in [7, 11) is 1.78. The Bertz CT molecular complexity index is 569. The Labute approximate surface area is 168 Å². The minimum atomic E-state index is 0.224. The fraction of sp³-hybridized carbons (Fsp3) is 0.850. The van der Waals surface area contributed by atoms with Gasteiger partial charge >= 0.3 is 0 Å². The molecule has 2 amide bonds. The molecule has 28 heavy (non-hydrogen) atoms. The standard InChI is InChI=1S/C20H36N6O2/c1-3-18(27)26-9-7-17(15-26)23-20(21-2)22-8-10-24-11-13-25(14-12-24)19(28)16-5-4-6-16/h16-17H,3-15H2,1-2H3,(H2,21,22,23). The van der Waals surface area contributed by atoms with E-state index in [1.54, 1.807) is 7.05 Å². The van der Waals surface area contributed by atoms with E-state index in [1.807, 2.05) is 11.8 Å². The third-order valence-corrected chi connectivity index (χ3v) is 6.27. The number of carbonyl (C=O) groups excluding carboxylic acids is 2. The van der Waals surface area contributed by atoms with E-state index in [4.69, 9.17) is 0 Å². The van der Waals surface area contributed by atoms with Gasteiger partial charge in [0.15, 0.2) is 5.96 Å². The number of guanidine groups is 1. The number of likely N-dealkylation sites (tertiary alicyclic amines) is 1. The van der Waals surface area contributed by atoms with Crippen LogP contribution >= 0.6 is 0 Å². The molecule has 0 aromatic heterocycles. The average Bonchev–Trinajstić information content (AvgIpc) is 3.14. The van der Waals surface area contributed by atoms with Crippen LogP contribution in [0.1, 0.15) is 39.0 Å². The highest BCUT2D eigenvalue weighted by Gasteiger charge is 2.31. The van der Waals surface area contributed by atoms with Crippen molar-refractivity contribution in [3.8, 4) is 0 Å². The van der Waals surface area contributed by atoms with Crippen molar-refractivity contribution in [2.75, 3.05) is 59.4 Å². The highest BCUT2D eigenvalue weighted by Crippen LogP contribution is 2.28. The van der Waals surface area contributed by atoms with Gasteiger partial charge in [-0.15, -0.1) is 0 Å². The van der Waals surface area contributed by atoms with Crippen LogP contribution in [0.2, 0.25) is 0 Å². The van der Waals surface area contributed by atoms with Gasteiger partial charge in [-0.05, 0) is 19.3 Å². The van der Waals surface area contributed by atoms with E-state index in [0.29, 0.717) is 18.2 Å². The third-order valence-electron chi connectivity index (χ3n) is 6.27. The molecule has 1 aliphatic carbocycles. The Morgan fingerprint density at radius 2 is 1.79 bits per heavy atom. The maximum absolute atomic E-state index is 12.3. The van der Waals surface area contributed by atoms with Crippen LogP contribution in [0.15, 0.2) is 4.99 Å². The number of nitrogens with one attached hydrogen (secondary N) is 2. The van der Waals surface area contributed by atoms with E-state index in [1.165, 1.54) is 6.42 Å². The number of hydrogen-bond donors (Lipinski definition) is 2. The molecule has 2 saturated heterocycles. The summed E-state index contributed by atoms with van der Waals surface area (Å²) in [5, 5.41) is 6.82. The highest BCUT2D eigenvalue weighted by molar-refractivity contribution is 5.81. The molecule has 8 heteroatoms. The fourth-order valence-electron chi connectivity index (χ4n) is 4.15. The van der Waals surface area contributed by atoms with Crippen LogP contribution in [0.5, 0.6) is 0 Å². The summed E-state index contributed by atoms with van der Waals surface area (Å²) in [5.41, 5.74) is 0. The van der Waals surface area contributed by atoms with E-state index in [9.17, 15) is 9.59 Å². The molecule has 0 spiro atoms. The molecule has 0 bridgehead atoms. The molecule has 1 atom stereocenters. The molecular weight excluding hydrogens is 356 g/mol. The van der Waals surface area contributed by atoms with Gasteiger partial charge in [-0.1, -0.05) is 13.3 Å². The summed E-state index contributed by atoms with van der Waals surface area (Å²) in [6.07, 6.45) is 4.91. The number of amides is 2. The average molecular weight is 393 g/mol. The summed E-state index contributed by atoms with van der Waals surface area (Å²) >= 11 is 0. The lowest BCUT2D eigenvalue weighted by atomic mass is 9.84. The van der Waals surface area contributed by atoms with Gasteiger partial charge in [0.05, 0.1) is 0 Å². The van der Waals surface area contributed by atoms with E-state index in [-0.39, 0.29) is 11.9 Å². The zero-order valence-corrected chi connectivity index (χ0v) is 17.5. The quantitative estimate of drug-likeness (QED) is 0.495. The monoisotopic (exact) mass is 392 g/mol. The minimum Gasteiger partial charge on any atom is -0.355 e. The molecule has 0 radical (unpaired) electrons. The smallest absolute Gasteiger partial charge is 0.225 e. The first-order valence-corrected chi connectivity index (χ1v) is 10.9. The summed E-state index contributed by atoms with van der Waals surface area (Å²) in [6.45, 7) is 8.85. The molecule has 1 saturated carbocycles. The molecule has 0 aromatic rings. The van der Waals surface area contributed by atoms with Crippen LogP contribution in [-0.2, 0) is 9.59 Å². The molecular formula is C20H36N6O2. The summed E-state index contributed by atoms with van der Waals surface area (Å²) in [6, 6.07) is 0.266. The van der Waals surface area contributed by atoms with Crippen molar-refractivity contribution in [3.05, 3.63) is 0 Å². The van der Waals surface area contributed by atoms with Crippen LogP contribution in [-0.4, -0.2) is 97.9 Å². The number of aliphatic imine (C=N–C) groups is 1. The fourth-order valence-corrected chi connectivity index (χ4v) is 4.15. The van der Waals surface area contributed by atoms with Crippen molar-refractivity contribution in [3.63, 3.8) is 0 Å². The summed E-state index contributed by atoms with van der Waals surface area (Å²) in [4.78, 5) is 34.8. The second kappa shape index (κ2) is 10.1. The molecule has 3 aliphatic rings. The molecule has 158 valence electrons. The Kier molecular flexibility index (Phi) is 7.53. The van der Waals surface area contributed by atoms with Crippen LogP contribution in [0.4, 0.5) is 0 Å². The predicted molar refractivity (Wildman–Crippen MR) is 110 cm³/mol. The Morgan fingerprint density at radius 1 is 1.04 bits per heavy atom. The van der Waals surface area contributed by atoms with E-state index >= 15 is 0 Å². The van der Waals surface area contributed by atoms with Gasteiger partial charge in [0.1, 0.15) is 0 Å².